The fourth-order valence-corrected chi connectivity index (χ4v) is 5.34. The van der Waals surface area contributed by atoms with E-state index in [2.05, 4.69) is 5.32 Å². The number of aryl methyl sites for hydroxylation is 1. The van der Waals surface area contributed by atoms with Gasteiger partial charge in [-0.1, -0.05) is 6.42 Å². The van der Waals surface area contributed by atoms with E-state index in [1.165, 1.54) is 10.4 Å². The number of aliphatic carboxylic acids is 1. The van der Waals surface area contributed by atoms with Crippen LogP contribution in [-0.4, -0.2) is 28.8 Å². The van der Waals surface area contributed by atoms with Crippen molar-refractivity contribution in [3.8, 4) is 0 Å². The zero-order valence-electron chi connectivity index (χ0n) is 11.8. The molecule has 2 heterocycles. The van der Waals surface area contributed by atoms with E-state index in [0.29, 0.717) is 6.42 Å². The molecule has 0 bridgehead atoms. The zero-order valence-corrected chi connectivity index (χ0v) is 13.4. The monoisotopic (exact) mass is 325 g/mol. The van der Waals surface area contributed by atoms with Gasteiger partial charge in [0.1, 0.15) is 0 Å². The normalized spacial score (nSPS) is 25.1. The van der Waals surface area contributed by atoms with Crippen LogP contribution in [0.2, 0.25) is 0 Å². The minimum Gasteiger partial charge on any atom is -0.481 e. The largest absolute Gasteiger partial charge is 0.481 e. The van der Waals surface area contributed by atoms with E-state index in [1.54, 1.807) is 11.3 Å². The zero-order chi connectivity index (χ0) is 14.8. The number of carbonyl (C=O) groups excluding carboxylic acids is 1. The molecule has 4 nitrogen and oxygen atoms in total. The van der Waals surface area contributed by atoms with E-state index in [-0.39, 0.29) is 17.9 Å². The van der Waals surface area contributed by atoms with Crippen molar-refractivity contribution in [2.45, 2.75) is 43.9 Å². The first kappa shape index (κ1) is 14.9. The maximum atomic E-state index is 12.4. The van der Waals surface area contributed by atoms with Gasteiger partial charge in [-0.05, 0) is 43.1 Å². The molecule has 2 unspecified atom stereocenters. The van der Waals surface area contributed by atoms with E-state index in [4.69, 9.17) is 5.11 Å². The Morgan fingerprint density at radius 2 is 2.19 bits per heavy atom. The molecular weight excluding hydrogens is 306 g/mol. The molecule has 21 heavy (non-hydrogen) atoms. The van der Waals surface area contributed by atoms with Crippen LogP contribution in [0, 0.1) is 5.92 Å². The standard InChI is InChI=1S/C15H19NO3S2/c17-14(13-7-10-8-20-5-4-12(10)21-13)16-11-3-1-2-9(6-11)15(18)19/h7,9,11H,1-6,8H2,(H,16,17)(H,18,19). The highest BCUT2D eigenvalue weighted by atomic mass is 32.2. The summed E-state index contributed by atoms with van der Waals surface area (Å²) in [6, 6.07) is 2.01. The van der Waals surface area contributed by atoms with Gasteiger partial charge in [0, 0.05) is 16.7 Å². The smallest absolute Gasteiger partial charge is 0.306 e. The van der Waals surface area contributed by atoms with Crippen LogP contribution in [0.25, 0.3) is 0 Å². The predicted molar refractivity (Wildman–Crippen MR) is 85.0 cm³/mol. The van der Waals surface area contributed by atoms with Gasteiger partial charge < -0.3 is 10.4 Å². The molecule has 1 aromatic heterocycles. The highest BCUT2D eigenvalue weighted by Gasteiger charge is 2.28. The molecular formula is C15H19NO3S2. The summed E-state index contributed by atoms with van der Waals surface area (Å²) in [6.07, 6.45) is 4.10. The number of carboxylic acids is 1. The molecule has 6 heteroatoms. The Kier molecular flexibility index (Phi) is 4.54. The Balaban J connectivity index is 1.63. The van der Waals surface area contributed by atoms with Gasteiger partial charge in [0.2, 0.25) is 0 Å². The highest BCUT2D eigenvalue weighted by Crippen LogP contribution is 2.32. The van der Waals surface area contributed by atoms with Crippen molar-refractivity contribution < 1.29 is 14.7 Å². The maximum Gasteiger partial charge on any atom is 0.306 e. The molecule has 1 saturated carbocycles. The second-order valence-electron chi connectivity index (χ2n) is 5.73. The summed E-state index contributed by atoms with van der Waals surface area (Å²) in [5, 5.41) is 12.1. The quantitative estimate of drug-likeness (QED) is 0.897. The summed E-state index contributed by atoms with van der Waals surface area (Å²) in [5.41, 5.74) is 1.30. The third kappa shape index (κ3) is 3.43. The number of thiophene rings is 1. The third-order valence-electron chi connectivity index (χ3n) is 4.21. The van der Waals surface area contributed by atoms with Crippen LogP contribution in [-0.2, 0) is 17.0 Å². The van der Waals surface area contributed by atoms with Gasteiger partial charge in [-0.3, -0.25) is 9.59 Å². The Bertz CT molecular complexity index is 532. The average molecular weight is 325 g/mol. The Morgan fingerprint density at radius 3 is 2.95 bits per heavy atom. The number of fused-ring (bicyclic) bond motifs is 1. The van der Waals surface area contributed by atoms with Gasteiger partial charge in [0.05, 0.1) is 10.8 Å². The van der Waals surface area contributed by atoms with Gasteiger partial charge in [0.25, 0.3) is 5.91 Å². The summed E-state index contributed by atoms with van der Waals surface area (Å²) in [7, 11) is 0. The number of carbonyl (C=O) groups is 2. The molecule has 1 aliphatic carbocycles. The Hall–Kier alpha value is -1.01. The van der Waals surface area contributed by atoms with Crippen LogP contribution in [0.5, 0.6) is 0 Å². The molecule has 2 N–H and O–H groups in total. The van der Waals surface area contributed by atoms with Crippen molar-refractivity contribution in [2.24, 2.45) is 5.92 Å². The van der Waals surface area contributed by atoms with Crippen molar-refractivity contribution in [3.05, 3.63) is 21.4 Å². The number of hydrogen-bond acceptors (Lipinski definition) is 4. The lowest BCUT2D eigenvalue weighted by Crippen LogP contribution is -2.39. The van der Waals surface area contributed by atoms with Crippen molar-refractivity contribution >= 4 is 35.0 Å². The number of amides is 1. The van der Waals surface area contributed by atoms with Gasteiger partial charge in [0.15, 0.2) is 0 Å². The maximum absolute atomic E-state index is 12.4. The predicted octanol–water partition coefficient (Wildman–Crippen LogP) is 2.91. The van der Waals surface area contributed by atoms with E-state index in [9.17, 15) is 9.59 Å². The molecule has 114 valence electrons. The summed E-state index contributed by atoms with van der Waals surface area (Å²) < 4.78 is 0. The SMILES string of the molecule is O=C(NC1CCCC(C(=O)O)C1)c1cc2c(s1)CCSC2. The minimum atomic E-state index is -0.738. The van der Waals surface area contributed by atoms with Crippen molar-refractivity contribution in [1.29, 1.82) is 0 Å². The molecule has 1 amide bonds. The fraction of sp³-hybridized carbons (Fsp3) is 0.600. The molecule has 1 aliphatic heterocycles. The lowest BCUT2D eigenvalue weighted by atomic mass is 9.86. The van der Waals surface area contributed by atoms with Crippen molar-refractivity contribution in [1.82, 2.24) is 5.32 Å². The Morgan fingerprint density at radius 1 is 1.33 bits per heavy atom. The number of nitrogens with one attached hydrogen (secondary N) is 1. The van der Waals surface area contributed by atoms with Gasteiger partial charge in [-0.15, -0.1) is 11.3 Å². The van der Waals surface area contributed by atoms with Crippen molar-refractivity contribution in [2.75, 3.05) is 5.75 Å². The lowest BCUT2D eigenvalue weighted by Gasteiger charge is -2.27. The van der Waals surface area contributed by atoms with Crippen molar-refractivity contribution in [3.63, 3.8) is 0 Å². The van der Waals surface area contributed by atoms with Crippen LogP contribution < -0.4 is 5.32 Å². The lowest BCUT2D eigenvalue weighted by molar-refractivity contribution is -0.143. The number of thioether (sulfide) groups is 1. The first-order valence-electron chi connectivity index (χ1n) is 7.36. The first-order valence-corrected chi connectivity index (χ1v) is 9.33. The van der Waals surface area contributed by atoms with Crippen LogP contribution in [0.15, 0.2) is 6.07 Å². The van der Waals surface area contributed by atoms with Crippen LogP contribution in [0.1, 0.15) is 45.8 Å². The fourth-order valence-electron chi connectivity index (χ4n) is 3.06. The van der Waals surface area contributed by atoms with E-state index < -0.39 is 5.97 Å². The molecule has 1 fully saturated rings. The molecule has 0 spiro atoms. The second-order valence-corrected chi connectivity index (χ2v) is 7.98. The van der Waals surface area contributed by atoms with Gasteiger partial charge >= 0.3 is 5.97 Å². The van der Waals surface area contributed by atoms with Crippen LogP contribution >= 0.6 is 23.1 Å². The molecule has 3 rings (SSSR count). The van der Waals surface area contributed by atoms with Crippen LogP contribution in [0.3, 0.4) is 0 Å². The molecule has 2 atom stereocenters. The Labute approximate surface area is 132 Å². The first-order chi connectivity index (χ1) is 10.1. The topological polar surface area (TPSA) is 66.4 Å². The van der Waals surface area contributed by atoms with Crippen LogP contribution in [0.4, 0.5) is 0 Å². The summed E-state index contributed by atoms with van der Waals surface area (Å²) >= 11 is 3.51. The molecule has 0 saturated heterocycles. The van der Waals surface area contributed by atoms with Gasteiger partial charge in [-0.2, -0.15) is 11.8 Å². The summed E-state index contributed by atoms with van der Waals surface area (Å²) in [4.78, 5) is 25.5. The summed E-state index contributed by atoms with van der Waals surface area (Å²) in [5.74, 6) is 1.06. The second kappa shape index (κ2) is 6.40. The molecule has 0 radical (unpaired) electrons. The van der Waals surface area contributed by atoms with Gasteiger partial charge in [-0.25, -0.2) is 0 Å². The number of carboxylic acid groups (broad SMARTS) is 1. The average Bonchev–Trinajstić information content (AvgIpc) is 2.91. The molecule has 0 aromatic carbocycles. The third-order valence-corrected chi connectivity index (χ3v) is 6.45. The number of rotatable bonds is 3. The van der Waals surface area contributed by atoms with E-state index in [0.717, 1.165) is 42.1 Å². The molecule has 1 aromatic rings. The minimum absolute atomic E-state index is 0.000790. The number of hydrogen-bond donors (Lipinski definition) is 2. The molecule has 2 aliphatic rings. The van der Waals surface area contributed by atoms with E-state index >= 15 is 0 Å². The highest BCUT2D eigenvalue weighted by molar-refractivity contribution is 7.98. The summed E-state index contributed by atoms with van der Waals surface area (Å²) in [6.45, 7) is 0. The van der Waals surface area contributed by atoms with E-state index in [1.807, 2.05) is 17.8 Å².